The summed E-state index contributed by atoms with van der Waals surface area (Å²) in [4.78, 5) is 7.35. The summed E-state index contributed by atoms with van der Waals surface area (Å²) in [5.41, 5.74) is 2.66. The molecule has 30 heavy (non-hydrogen) atoms. The molecule has 0 unspecified atom stereocenters. The van der Waals surface area contributed by atoms with Crippen molar-refractivity contribution in [3.63, 3.8) is 0 Å². The number of hydrogen-bond acceptors (Lipinski definition) is 3. The summed E-state index contributed by atoms with van der Waals surface area (Å²) in [6, 6.07) is 10.8. The minimum atomic E-state index is 0. The molecule has 166 valence electrons. The van der Waals surface area contributed by atoms with E-state index in [9.17, 15) is 0 Å². The fourth-order valence-corrected chi connectivity index (χ4v) is 3.70. The molecule has 1 aliphatic rings. The topological polar surface area (TPSA) is 57.5 Å². The van der Waals surface area contributed by atoms with Gasteiger partial charge in [-0.05, 0) is 62.4 Å². The second-order valence-electron chi connectivity index (χ2n) is 8.02. The van der Waals surface area contributed by atoms with E-state index in [1.165, 1.54) is 37.1 Å². The standard InChI is InChI=1S/C23H36N6.HI/c1-3-24-23(25-11-5-13-29-14-6-12-27-29)26-18-21-7-4-8-22(17-21)19-28-15-9-20(2)10-16-28;/h4,6-8,12,14,17,20H,3,5,9-11,13,15-16,18-19H2,1-2H3,(H2,24,25,26);1H. The predicted octanol–water partition coefficient (Wildman–Crippen LogP) is 3.88. The Balaban J connectivity index is 0.00000320. The fraction of sp³-hybridized carbons (Fsp3) is 0.565. The van der Waals surface area contributed by atoms with Gasteiger partial charge in [0, 0.05) is 38.6 Å². The lowest BCUT2D eigenvalue weighted by Gasteiger charge is -2.30. The average Bonchev–Trinajstić information content (AvgIpc) is 3.25. The van der Waals surface area contributed by atoms with Crippen LogP contribution in [0, 0.1) is 5.92 Å². The van der Waals surface area contributed by atoms with Crippen molar-refractivity contribution >= 4 is 29.9 Å². The third kappa shape index (κ3) is 8.63. The average molecular weight is 524 g/mol. The van der Waals surface area contributed by atoms with E-state index in [1.54, 1.807) is 0 Å². The van der Waals surface area contributed by atoms with Crippen LogP contribution in [0.2, 0.25) is 0 Å². The number of nitrogens with one attached hydrogen (secondary N) is 2. The van der Waals surface area contributed by atoms with Crippen molar-refractivity contribution in [2.45, 2.75) is 52.7 Å². The smallest absolute Gasteiger partial charge is 0.191 e. The number of benzene rings is 1. The van der Waals surface area contributed by atoms with Crippen molar-refractivity contribution in [2.75, 3.05) is 26.2 Å². The number of piperidine rings is 1. The third-order valence-electron chi connectivity index (χ3n) is 5.45. The molecular formula is C23H37IN6. The summed E-state index contributed by atoms with van der Waals surface area (Å²) in [5, 5.41) is 11.0. The van der Waals surface area contributed by atoms with E-state index in [0.29, 0.717) is 6.54 Å². The molecule has 3 rings (SSSR count). The van der Waals surface area contributed by atoms with E-state index >= 15 is 0 Å². The molecule has 7 heteroatoms. The molecule has 0 radical (unpaired) electrons. The van der Waals surface area contributed by atoms with E-state index in [1.807, 2.05) is 23.1 Å². The first-order chi connectivity index (χ1) is 14.2. The van der Waals surface area contributed by atoms with Crippen molar-refractivity contribution in [3.8, 4) is 0 Å². The number of aliphatic imine (C=N–C) groups is 1. The first-order valence-electron chi connectivity index (χ1n) is 11.0. The molecule has 0 saturated carbocycles. The Morgan fingerprint density at radius 1 is 1.17 bits per heavy atom. The Morgan fingerprint density at radius 2 is 1.97 bits per heavy atom. The summed E-state index contributed by atoms with van der Waals surface area (Å²) >= 11 is 0. The summed E-state index contributed by atoms with van der Waals surface area (Å²) in [5.74, 6) is 1.76. The van der Waals surface area contributed by atoms with Gasteiger partial charge in [0.15, 0.2) is 5.96 Å². The molecule has 1 aliphatic heterocycles. The Kier molecular flexibility index (Phi) is 11.2. The number of nitrogens with zero attached hydrogens (tertiary/aromatic N) is 4. The Morgan fingerprint density at radius 3 is 2.70 bits per heavy atom. The fourth-order valence-electron chi connectivity index (χ4n) is 3.70. The maximum atomic E-state index is 4.77. The summed E-state index contributed by atoms with van der Waals surface area (Å²) in [6.45, 7) is 11.3. The number of aromatic nitrogens is 2. The zero-order valence-corrected chi connectivity index (χ0v) is 20.7. The lowest BCUT2D eigenvalue weighted by Crippen LogP contribution is -2.38. The normalized spacial score (nSPS) is 15.6. The van der Waals surface area contributed by atoms with Crippen molar-refractivity contribution in [2.24, 2.45) is 10.9 Å². The highest BCUT2D eigenvalue weighted by atomic mass is 127. The minimum absolute atomic E-state index is 0. The monoisotopic (exact) mass is 524 g/mol. The van der Waals surface area contributed by atoms with Gasteiger partial charge in [0.2, 0.25) is 0 Å². The molecule has 1 saturated heterocycles. The van der Waals surface area contributed by atoms with Gasteiger partial charge in [-0.3, -0.25) is 9.58 Å². The van der Waals surface area contributed by atoms with Crippen LogP contribution < -0.4 is 10.6 Å². The lowest BCUT2D eigenvalue weighted by molar-refractivity contribution is 0.185. The number of aryl methyl sites for hydroxylation is 1. The largest absolute Gasteiger partial charge is 0.357 e. The molecule has 0 aliphatic carbocycles. The number of rotatable bonds is 9. The maximum Gasteiger partial charge on any atom is 0.191 e. The zero-order valence-electron chi connectivity index (χ0n) is 18.4. The first kappa shape index (κ1) is 24.7. The number of guanidine groups is 1. The number of halogens is 1. The van der Waals surface area contributed by atoms with Crippen molar-refractivity contribution < 1.29 is 0 Å². The minimum Gasteiger partial charge on any atom is -0.357 e. The van der Waals surface area contributed by atoms with Gasteiger partial charge in [0.25, 0.3) is 0 Å². The molecule has 6 nitrogen and oxygen atoms in total. The van der Waals surface area contributed by atoms with Crippen molar-refractivity contribution in [1.29, 1.82) is 0 Å². The predicted molar refractivity (Wildman–Crippen MR) is 135 cm³/mol. The molecule has 2 N–H and O–H groups in total. The SMILES string of the molecule is CCNC(=NCc1cccc(CN2CCC(C)CC2)c1)NCCCn1cccn1.I. The summed E-state index contributed by atoms with van der Waals surface area (Å²) in [6.07, 6.45) is 7.47. The van der Waals surface area contributed by atoms with Crippen LogP contribution in [0.15, 0.2) is 47.7 Å². The summed E-state index contributed by atoms with van der Waals surface area (Å²) in [7, 11) is 0. The maximum absolute atomic E-state index is 4.77. The van der Waals surface area contributed by atoms with Crippen LogP contribution in [0.4, 0.5) is 0 Å². The second kappa shape index (κ2) is 13.6. The van der Waals surface area contributed by atoms with E-state index < -0.39 is 0 Å². The van der Waals surface area contributed by atoms with Gasteiger partial charge in [0.05, 0.1) is 6.54 Å². The second-order valence-corrected chi connectivity index (χ2v) is 8.02. The van der Waals surface area contributed by atoms with Crippen LogP contribution in [0.1, 0.15) is 44.2 Å². The highest BCUT2D eigenvalue weighted by Crippen LogP contribution is 2.18. The quantitative estimate of drug-likeness (QED) is 0.226. The summed E-state index contributed by atoms with van der Waals surface area (Å²) < 4.78 is 1.96. The van der Waals surface area contributed by atoms with Gasteiger partial charge in [-0.1, -0.05) is 31.2 Å². The molecule has 0 atom stereocenters. The van der Waals surface area contributed by atoms with Crippen LogP contribution in [0.5, 0.6) is 0 Å². The lowest BCUT2D eigenvalue weighted by atomic mass is 9.98. The van der Waals surface area contributed by atoms with Gasteiger partial charge in [0.1, 0.15) is 0 Å². The molecule has 0 bridgehead atoms. The van der Waals surface area contributed by atoms with E-state index in [4.69, 9.17) is 4.99 Å². The van der Waals surface area contributed by atoms with Gasteiger partial charge < -0.3 is 10.6 Å². The van der Waals surface area contributed by atoms with Crippen LogP contribution >= 0.6 is 24.0 Å². The van der Waals surface area contributed by atoms with Crippen molar-refractivity contribution in [1.82, 2.24) is 25.3 Å². The molecule has 1 fully saturated rings. The first-order valence-corrected chi connectivity index (χ1v) is 11.0. The van der Waals surface area contributed by atoms with Gasteiger partial charge in [-0.25, -0.2) is 4.99 Å². The number of likely N-dealkylation sites (tertiary alicyclic amines) is 1. The van der Waals surface area contributed by atoms with E-state index in [0.717, 1.165) is 44.5 Å². The van der Waals surface area contributed by atoms with Crippen LogP contribution in [0.3, 0.4) is 0 Å². The molecule has 0 spiro atoms. The Bertz CT molecular complexity index is 738. The Labute approximate surface area is 198 Å². The van der Waals surface area contributed by atoms with Crippen LogP contribution in [0.25, 0.3) is 0 Å². The van der Waals surface area contributed by atoms with Gasteiger partial charge in [-0.2, -0.15) is 5.10 Å². The molecule has 1 aromatic heterocycles. The van der Waals surface area contributed by atoms with Crippen molar-refractivity contribution in [3.05, 3.63) is 53.9 Å². The highest BCUT2D eigenvalue weighted by Gasteiger charge is 2.15. The van der Waals surface area contributed by atoms with E-state index in [2.05, 4.69) is 58.7 Å². The molecule has 2 aromatic rings. The zero-order chi connectivity index (χ0) is 20.3. The highest BCUT2D eigenvalue weighted by molar-refractivity contribution is 14.0. The molecule has 2 heterocycles. The third-order valence-corrected chi connectivity index (χ3v) is 5.45. The number of hydrogen-bond donors (Lipinski definition) is 2. The van der Waals surface area contributed by atoms with Crippen LogP contribution in [-0.2, 0) is 19.6 Å². The van der Waals surface area contributed by atoms with Gasteiger partial charge in [-0.15, -0.1) is 24.0 Å². The van der Waals surface area contributed by atoms with Gasteiger partial charge >= 0.3 is 0 Å². The molecule has 0 amide bonds. The molecular weight excluding hydrogens is 487 g/mol. The van der Waals surface area contributed by atoms with Crippen LogP contribution in [-0.4, -0.2) is 46.8 Å². The molecule has 1 aromatic carbocycles. The van der Waals surface area contributed by atoms with E-state index in [-0.39, 0.29) is 24.0 Å². The Hall–Kier alpha value is -1.61.